The second-order valence-corrected chi connectivity index (χ2v) is 14.3. The number of phosphoric acid groups is 1. The average molecular weight is 953 g/mol. The van der Waals surface area contributed by atoms with Gasteiger partial charge in [0.15, 0.2) is 11.9 Å². The molecule has 0 amide bonds. The Kier molecular flexibility index (Phi) is 15.6. The molecule has 13 nitrogen and oxygen atoms in total. The van der Waals surface area contributed by atoms with Crippen LogP contribution in [0, 0.1) is 0 Å². The van der Waals surface area contributed by atoms with Crippen molar-refractivity contribution in [3.8, 4) is 23.0 Å². The summed E-state index contributed by atoms with van der Waals surface area (Å²) in [5, 5.41) is 10.5. The van der Waals surface area contributed by atoms with Gasteiger partial charge in [-0.3, -0.25) is 13.6 Å². The molecule has 1 unspecified atom stereocenters. The molecular formula is C38H29F12O13P. The van der Waals surface area contributed by atoms with Gasteiger partial charge in [0, 0.05) is 0 Å². The summed E-state index contributed by atoms with van der Waals surface area (Å²) in [7, 11) is -5.27. The van der Waals surface area contributed by atoms with Crippen LogP contribution in [0.3, 0.4) is 0 Å². The van der Waals surface area contributed by atoms with Crippen LogP contribution in [0.4, 0.5) is 52.7 Å². The number of esters is 1. The quantitative estimate of drug-likeness (QED) is 0.0510. The molecule has 0 bridgehead atoms. The molecule has 4 aromatic rings. The predicted molar refractivity (Wildman–Crippen MR) is 188 cm³/mol. The number of carbonyl (C=O) groups is 1. The van der Waals surface area contributed by atoms with E-state index in [-0.39, 0.29) is 22.3 Å². The van der Waals surface area contributed by atoms with Crippen LogP contribution < -0.4 is 18.9 Å². The van der Waals surface area contributed by atoms with Crippen LogP contribution in [0.5, 0.6) is 23.0 Å². The van der Waals surface area contributed by atoms with E-state index in [1.165, 1.54) is 24.3 Å². The maximum absolute atomic E-state index is 14.3. The maximum Gasteiger partial charge on any atom is 0.573 e. The zero-order valence-electron chi connectivity index (χ0n) is 31.8. The molecule has 0 radical (unpaired) electrons. The Morgan fingerprint density at radius 1 is 0.547 bits per heavy atom. The number of benzene rings is 4. The summed E-state index contributed by atoms with van der Waals surface area (Å²) < 4.78 is 217. The third-order valence-corrected chi connectivity index (χ3v) is 9.19. The summed E-state index contributed by atoms with van der Waals surface area (Å²) in [5.74, 6) is -5.80. The van der Waals surface area contributed by atoms with Crippen LogP contribution in [0.2, 0.25) is 0 Å². The summed E-state index contributed by atoms with van der Waals surface area (Å²) in [4.78, 5) is 13.3. The van der Waals surface area contributed by atoms with Gasteiger partial charge in [0.2, 0.25) is 5.76 Å². The van der Waals surface area contributed by atoms with E-state index >= 15 is 0 Å². The van der Waals surface area contributed by atoms with Gasteiger partial charge >= 0.3 is 39.2 Å². The van der Waals surface area contributed by atoms with Crippen LogP contribution in [0.1, 0.15) is 22.3 Å². The van der Waals surface area contributed by atoms with Crippen molar-refractivity contribution in [3.63, 3.8) is 0 Å². The molecule has 5 rings (SSSR count). The first-order valence-corrected chi connectivity index (χ1v) is 19.1. The molecule has 1 N–H and O–H groups in total. The average Bonchev–Trinajstić information content (AvgIpc) is 3.49. The van der Waals surface area contributed by atoms with E-state index in [1.54, 1.807) is 0 Å². The highest BCUT2D eigenvalue weighted by atomic mass is 31.2. The van der Waals surface area contributed by atoms with Crippen molar-refractivity contribution in [1.82, 2.24) is 0 Å². The van der Waals surface area contributed by atoms with E-state index in [0.717, 1.165) is 72.8 Å². The third kappa shape index (κ3) is 16.0. The van der Waals surface area contributed by atoms with Crippen molar-refractivity contribution in [2.45, 2.75) is 64.1 Å². The minimum Gasteiger partial charge on any atom is -0.485 e. The number of alkyl halides is 12. The second kappa shape index (κ2) is 20.3. The molecule has 0 aromatic heterocycles. The van der Waals surface area contributed by atoms with Crippen molar-refractivity contribution in [3.05, 3.63) is 131 Å². The van der Waals surface area contributed by atoms with E-state index in [1.807, 2.05) is 0 Å². The van der Waals surface area contributed by atoms with E-state index in [9.17, 15) is 67.2 Å². The molecule has 0 saturated heterocycles. The maximum atomic E-state index is 14.3. The number of rotatable bonds is 20. The number of phosphoric ester groups is 1. The highest BCUT2D eigenvalue weighted by Crippen LogP contribution is 2.53. The Balaban J connectivity index is 1.46. The molecule has 1 aliphatic rings. The first kappa shape index (κ1) is 49.1. The van der Waals surface area contributed by atoms with Gasteiger partial charge in [0.05, 0.1) is 19.8 Å². The van der Waals surface area contributed by atoms with Gasteiger partial charge in [0.25, 0.3) is 0 Å². The number of hydrogen-bond donors (Lipinski definition) is 1. The molecule has 2 atom stereocenters. The Bertz CT molecular complexity index is 2230. The van der Waals surface area contributed by atoms with Crippen LogP contribution in [-0.4, -0.2) is 55.3 Å². The molecule has 26 heteroatoms. The summed E-state index contributed by atoms with van der Waals surface area (Å²) in [6.07, 6.45) is -24.6. The number of aliphatic hydroxyl groups is 1. The van der Waals surface area contributed by atoms with Crippen molar-refractivity contribution in [1.29, 1.82) is 0 Å². The van der Waals surface area contributed by atoms with Gasteiger partial charge in [-0.05, 0) is 70.8 Å². The number of carbonyl (C=O) groups excluding carboxylic acids is 1. The molecule has 348 valence electrons. The van der Waals surface area contributed by atoms with Crippen molar-refractivity contribution in [2.24, 2.45) is 0 Å². The van der Waals surface area contributed by atoms with E-state index in [2.05, 4.69) is 18.9 Å². The van der Waals surface area contributed by atoms with Crippen molar-refractivity contribution < 1.29 is 114 Å². The smallest absolute Gasteiger partial charge is 0.485 e. The summed E-state index contributed by atoms with van der Waals surface area (Å²) >= 11 is 0. The highest BCUT2D eigenvalue weighted by Gasteiger charge is 2.47. The van der Waals surface area contributed by atoms with Crippen LogP contribution in [0.15, 0.2) is 109 Å². The lowest BCUT2D eigenvalue weighted by Crippen LogP contribution is -2.35. The number of aliphatic hydroxyl groups excluding tert-OH is 1. The Hall–Kier alpha value is -5.88. The number of halogens is 12. The molecule has 1 heterocycles. The lowest BCUT2D eigenvalue weighted by Gasteiger charge is -2.27. The largest absolute Gasteiger partial charge is 0.573 e. The van der Waals surface area contributed by atoms with Crippen LogP contribution >= 0.6 is 7.82 Å². The number of cyclic esters (lactones) is 1. The topological polar surface area (TPSA) is 147 Å². The first-order valence-electron chi connectivity index (χ1n) is 17.6. The van der Waals surface area contributed by atoms with Gasteiger partial charge in [-0.2, -0.15) is 0 Å². The molecular weight excluding hydrogens is 923 g/mol. The van der Waals surface area contributed by atoms with E-state index in [4.69, 9.17) is 27.8 Å². The van der Waals surface area contributed by atoms with Gasteiger partial charge < -0.3 is 38.3 Å². The fourth-order valence-corrected chi connectivity index (χ4v) is 6.70. The summed E-state index contributed by atoms with van der Waals surface area (Å²) in [6, 6.07) is 16.5. The minimum absolute atomic E-state index is 0.0301. The third-order valence-electron chi connectivity index (χ3n) is 7.77. The Morgan fingerprint density at radius 3 is 1.23 bits per heavy atom. The fourth-order valence-electron chi connectivity index (χ4n) is 5.38. The Labute approximate surface area is 352 Å². The number of hydrogen-bond acceptors (Lipinski definition) is 13. The zero-order valence-corrected chi connectivity index (χ0v) is 32.7. The SMILES string of the molecule is O=C1OC([C@H](CO)OP(=O)(OCc2cccc(OC(F)(F)F)c2)OCc2cccc(OC(F)(F)F)c2)C(OCc2cccc(OC(F)(F)F)c2)=C1OCc1cccc(OC(F)(F)F)c1. The molecule has 64 heavy (non-hydrogen) atoms. The molecule has 0 aliphatic carbocycles. The first-order chi connectivity index (χ1) is 29.8. The monoisotopic (exact) mass is 952 g/mol. The van der Waals surface area contributed by atoms with E-state index < -0.39 is 119 Å². The molecule has 4 aromatic carbocycles. The summed E-state index contributed by atoms with van der Waals surface area (Å²) in [6.45, 7) is -4.48. The molecule has 0 saturated carbocycles. The predicted octanol–water partition coefficient (Wildman–Crippen LogP) is 10.1. The zero-order chi connectivity index (χ0) is 46.9. The van der Waals surface area contributed by atoms with Gasteiger partial charge in [-0.15, -0.1) is 52.7 Å². The lowest BCUT2D eigenvalue weighted by molar-refractivity contribution is -0.275. The van der Waals surface area contributed by atoms with Crippen LogP contribution in [0.25, 0.3) is 0 Å². The van der Waals surface area contributed by atoms with Gasteiger partial charge in [-0.25, -0.2) is 9.36 Å². The van der Waals surface area contributed by atoms with Crippen molar-refractivity contribution in [2.75, 3.05) is 6.61 Å². The lowest BCUT2D eigenvalue weighted by atomic mass is 10.1. The number of ether oxygens (including phenoxy) is 7. The Morgan fingerprint density at radius 2 is 0.891 bits per heavy atom. The fraction of sp³-hybridized carbons (Fsp3) is 0.289. The van der Waals surface area contributed by atoms with E-state index in [0.29, 0.717) is 0 Å². The van der Waals surface area contributed by atoms with Gasteiger partial charge in [-0.1, -0.05) is 48.5 Å². The van der Waals surface area contributed by atoms with Gasteiger partial charge in [0.1, 0.15) is 42.3 Å². The second-order valence-electron chi connectivity index (χ2n) is 12.7. The minimum atomic E-state index is -5.27. The van der Waals surface area contributed by atoms with Crippen LogP contribution in [-0.2, 0) is 63.6 Å². The highest BCUT2D eigenvalue weighted by molar-refractivity contribution is 7.48. The molecule has 0 fully saturated rings. The summed E-state index contributed by atoms with van der Waals surface area (Å²) in [5.41, 5.74) is -0.374. The normalized spacial score (nSPS) is 15.4. The molecule has 0 spiro atoms. The molecule has 1 aliphatic heterocycles. The van der Waals surface area contributed by atoms with Crippen molar-refractivity contribution >= 4 is 13.8 Å². The standard InChI is InChI=1S/C38H29F12O13P/c39-35(40,41)59-26-9-1-5-22(13-26)18-54-32-31(58-34(52)33(32)55-19-23-6-2-10-27(14-23)60-36(42,43)44)30(17-51)63-64(53,56-20-24-7-3-11-28(15-24)61-37(45,46)47)57-21-25-8-4-12-29(16-25)62-38(48,49)50/h1-16,30-31,51H,17-21H2/t30-,31?/m0/s1.